The Morgan fingerprint density at radius 2 is 1.90 bits per heavy atom. The van der Waals surface area contributed by atoms with E-state index in [1.54, 1.807) is 0 Å². The highest BCUT2D eigenvalue weighted by atomic mass is 127. The third-order valence-electron chi connectivity index (χ3n) is 1.52. The second-order valence-electron chi connectivity index (χ2n) is 2.29. The van der Waals surface area contributed by atoms with Crippen molar-refractivity contribution in [1.82, 2.24) is 0 Å². The summed E-state index contributed by atoms with van der Waals surface area (Å²) in [7, 11) is 0. The molecule has 0 amide bonds. The van der Waals surface area contributed by atoms with Gasteiger partial charge in [0, 0.05) is 3.92 Å². The van der Waals surface area contributed by atoms with Crippen LogP contribution in [0, 0.1) is 0 Å². The van der Waals surface area contributed by atoms with E-state index in [-0.39, 0.29) is 0 Å². The standard InChI is InChI=1S/C9H11I/c1-2-9(10)8-6-4-3-5-7-8/h3-7,9H,2H2,1H3/t9-/m1/s1. The van der Waals surface area contributed by atoms with Gasteiger partial charge in [0.05, 0.1) is 0 Å². The van der Waals surface area contributed by atoms with Gasteiger partial charge in [-0.05, 0) is 12.0 Å². The maximum Gasteiger partial charge on any atom is 0.0356 e. The zero-order valence-electron chi connectivity index (χ0n) is 6.05. The topological polar surface area (TPSA) is 0 Å². The van der Waals surface area contributed by atoms with Crippen LogP contribution < -0.4 is 0 Å². The lowest BCUT2D eigenvalue weighted by atomic mass is 10.1. The molecule has 1 heteroatoms. The van der Waals surface area contributed by atoms with Gasteiger partial charge in [-0.1, -0.05) is 59.8 Å². The molecule has 0 saturated heterocycles. The Morgan fingerprint density at radius 3 is 2.40 bits per heavy atom. The molecular formula is C9H11I. The van der Waals surface area contributed by atoms with Gasteiger partial charge in [-0.3, -0.25) is 0 Å². The van der Waals surface area contributed by atoms with Crippen molar-refractivity contribution in [2.24, 2.45) is 0 Å². The van der Waals surface area contributed by atoms with Crippen LogP contribution in [-0.4, -0.2) is 0 Å². The van der Waals surface area contributed by atoms with Crippen molar-refractivity contribution in [3.05, 3.63) is 35.9 Å². The minimum absolute atomic E-state index is 0.679. The molecular weight excluding hydrogens is 235 g/mol. The first-order valence-electron chi connectivity index (χ1n) is 3.53. The smallest absolute Gasteiger partial charge is 0.0356 e. The first-order chi connectivity index (χ1) is 4.84. The molecule has 1 aromatic rings. The fraction of sp³-hybridized carbons (Fsp3) is 0.333. The van der Waals surface area contributed by atoms with Crippen molar-refractivity contribution in [2.45, 2.75) is 17.3 Å². The lowest BCUT2D eigenvalue weighted by Gasteiger charge is -2.04. The second-order valence-corrected chi connectivity index (χ2v) is 3.79. The summed E-state index contributed by atoms with van der Waals surface area (Å²) in [5, 5.41) is 0. The van der Waals surface area contributed by atoms with Crippen molar-refractivity contribution in [3.8, 4) is 0 Å². The minimum atomic E-state index is 0.679. The van der Waals surface area contributed by atoms with Crippen LogP contribution in [-0.2, 0) is 0 Å². The van der Waals surface area contributed by atoms with Gasteiger partial charge in [-0.2, -0.15) is 0 Å². The molecule has 0 aromatic heterocycles. The second kappa shape index (κ2) is 3.96. The molecule has 54 valence electrons. The molecule has 0 unspecified atom stereocenters. The van der Waals surface area contributed by atoms with E-state index < -0.39 is 0 Å². The molecule has 0 radical (unpaired) electrons. The van der Waals surface area contributed by atoms with Gasteiger partial charge in [0.2, 0.25) is 0 Å². The number of halogens is 1. The van der Waals surface area contributed by atoms with Crippen LogP contribution in [0.4, 0.5) is 0 Å². The first-order valence-corrected chi connectivity index (χ1v) is 4.78. The van der Waals surface area contributed by atoms with E-state index in [0.29, 0.717) is 3.92 Å². The van der Waals surface area contributed by atoms with Crippen LogP contribution in [0.5, 0.6) is 0 Å². The van der Waals surface area contributed by atoms with E-state index in [1.807, 2.05) is 0 Å². The molecule has 10 heavy (non-hydrogen) atoms. The normalized spacial score (nSPS) is 13.0. The molecule has 0 aliphatic heterocycles. The molecule has 0 fully saturated rings. The van der Waals surface area contributed by atoms with E-state index in [1.165, 1.54) is 12.0 Å². The molecule has 0 heterocycles. The molecule has 0 nitrogen and oxygen atoms in total. The SMILES string of the molecule is CC[C@@H](I)c1ccccc1. The summed E-state index contributed by atoms with van der Waals surface area (Å²) >= 11 is 2.47. The van der Waals surface area contributed by atoms with Gasteiger partial charge < -0.3 is 0 Å². The highest BCUT2D eigenvalue weighted by molar-refractivity contribution is 14.1. The van der Waals surface area contributed by atoms with E-state index in [4.69, 9.17) is 0 Å². The molecule has 0 saturated carbocycles. The van der Waals surface area contributed by atoms with Gasteiger partial charge in [0.1, 0.15) is 0 Å². The molecule has 0 spiro atoms. The predicted octanol–water partition coefficient (Wildman–Crippen LogP) is 3.57. The van der Waals surface area contributed by atoms with E-state index in [0.717, 1.165) is 0 Å². The average Bonchev–Trinajstić information content (AvgIpc) is 2.05. The predicted molar refractivity (Wildman–Crippen MR) is 53.5 cm³/mol. The lowest BCUT2D eigenvalue weighted by molar-refractivity contribution is 0.928. The summed E-state index contributed by atoms with van der Waals surface area (Å²) in [4.78, 5) is 0. The van der Waals surface area contributed by atoms with Crippen LogP contribution in [0.3, 0.4) is 0 Å². The highest BCUT2D eigenvalue weighted by Gasteiger charge is 2.00. The van der Waals surface area contributed by atoms with Crippen LogP contribution in [0.25, 0.3) is 0 Å². The Labute approximate surface area is 75.8 Å². The molecule has 0 aliphatic carbocycles. The first kappa shape index (κ1) is 8.05. The summed E-state index contributed by atoms with van der Waals surface area (Å²) in [5.41, 5.74) is 1.44. The minimum Gasteiger partial charge on any atom is -0.0774 e. The summed E-state index contributed by atoms with van der Waals surface area (Å²) < 4.78 is 0.679. The van der Waals surface area contributed by atoms with Gasteiger partial charge in [0.15, 0.2) is 0 Å². The maximum atomic E-state index is 2.47. The largest absolute Gasteiger partial charge is 0.0774 e. The Morgan fingerprint density at radius 1 is 1.30 bits per heavy atom. The highest BCUT2D eigenvalue weighted by Crippen LogP contribution is 2.25. The molecule has 0 bridgehead atoms. The number of hydrogen-bond acceptors (Lipinski definition) is 0. The van der Waals surface area contributed by atoms with Gasteiger partial charge in [0.25, 0.3) is 0 Å². The number of hydrogen-bond donors (Lipinski definition) is 0. The summed E-state index contributed by atoms with van der Waals surface area (Å²) in [6.07, 6.45) is 1.21. The van der Waals surface area contributed by atoms with Gasteiger partial charge in [-0.25, -0.2) is 0 Å². The Bertz CT molecular complexity index is 181. The summed E-state index contributed by atoms with van der Waals surface area (Å²) in [5.74, 6) is 0. The van der Waals surface area contributed by atoms with Crippen LogP contribution in [0.2, 0.25) is 0 Å². The zero-order valence-corrected chi connectivity index (χ0v) is 8.21. The summed E-state index contributed by atoms with van der Waals surface area (Å²) in [6, 6.07) is 10.6. The fourth-order valence-corrected chi connectivity index (χ4v) is 1.31. The zero-order chi connectivity index (χ0) is 7.40. The van der Waals surface area contributed by atoms with E-state index in [9.17, 15) is 0 Å². The average molecular weight is 246 g/mol. The third-order valence-corrected chi connectivity index (χ3v) is 3.12. The molecule has 1 rings (SSSR count). The number of rotatable bonds is 2. The van der Waals surface area contributed by atoms with Crippen LogP contribution in [0.15, 0.2) is 30.3 Å². The van der Waals surface area contributed by atoms with Crippen molar-refractivity contribution >= 4 is 22.6 Å². The molecule has 1 atom stereocenters. The Kier molecular flexibility index (Phi) is 3.19. The van der Waals surface area contributed by atoms with Crippen LogP contribution in [0.1, 0.15) is 22.8 Å². The third kappa shape index (κ3) is 1.97. The van der Waals surface area contributed by atoms with E-state index >= 15 is 0 Å². The fourth-order valence-electron chi connectivity index (χ4n) is 0.898. The molecule has 0 N–H and O–H groups in total. The van der Waals surface area contributed by atoms with Crippen LogP contribution >= 0.6 is 22.6 Å². The monoisotopic (exact) mass is 246 g/mol. The van der Waals surface area contributed by atoms with Crippen molar-refractivity contribution < 1.29 is 0 Å². The molecule has 0 aliphatic rings. The Hall–Kier alpha value is -0.0500. The van der Waals surface area contributed by atoms with Crippen molar-refractivity contribution in [2.75, 3.05) is 0 Å². The number of alkyl halides is 1. The Balaban J connectivity index is 2.75. The van der Waals surface area contributed by atoms with Crippen molar-refractivity contribution in [3.63, 3.8) is 0 Å². The quantitative estimate of drug-likeness (QED) is 0.552. The maximum absolute atomic E-state index is 2.47. The van der Waals surface area contributed by atoms with E-state index in [2.05, 4.69) is 59.8 Å². The molecule has 1 aromatic carbocycles. The van der Waals surface area contributed by atoms with Gasteiger partial charge >= 0.3 is 0 Å². The number of benzene rings is 1. The van der Waals surface area contributed by atoms with Crippen molar-refractivity contribution in [1.29, 1.82) is 0 Å². The lowest BCUT2D eigenvalue weighted by Crippen LogP contribution is -1.84. The summed E-state index contributed by atoms with van der Waals surface area (Å²) in [6.45, 7) is 2.21. The van der Waals surface area contributed by atoms with Gasteiger partial charge in [-0.15, -0.1) is 0 Å².